The molecule has 4 atom stereocenters. The topological polar surface area (TPSA) is 76.0 Å². The molecule has 2 heterocycles. The zero-order valence-electron chi connectivity index (χ0n) is 14.1. The zero-order valence-corrected chi connectivity index (χ0v) is 14.1. The number of aliphatic hydroxyl groups is 2. The number of benzene rings is 1. The average Bonchev–Trinajstić information content (AvgIpc) is 3.11. The summed E-state index contributed by atoms with van der Waals surface area (Å²) in [5.74, 6) is 0. The standard InChI is InChI=1S/C18H27N3O3/c1-13-7-15(10-20(13)9-14-5-3-2-4-6-14)19-18(24)21-11-17(23)8-16(21)12-22/h2-6,13,15-17,22-23H,7-12H2,1H3,(H,19,24)/t13-,15+,16-,17-/m0/s1. The van der Waals surface area contributed by atoms with Crippen molar-refractivity contribution in [1.29, 1.82) is 0 Å². The smallest absolute Gasteiger partial charge is 0.318 e. The molecular weight excluding hydrogens is 306 g/mol. The van der Waals surface area contributed by atoms with Crippen LogP contribution >= 0.6 is 0 Å². The molecule has 0 aromatic heterocycles. The van der Waals surface area contributed by atoms with Gasteiger partial charge in [-0.15, -0.1) is 0 Å². The second-order valence-electron chi connectivity index (χ2n) is 7.02. The lowest BCUT2D eigenvalue weighted by Crippen LogP contribution is -2.48. The van der Waals surface area contributed by atoms with Crippen molar-refractivity contribution in [3.05, 3.63) is 35.9 Å². The third kappa shape index (κ3) is 3.88. The molecule has 0 saturated carbocycles. The monoisotopic (exact) mass is 333 g/mol. The first-order valence-electron chi connectivity index (χ1n) is 8.71. The molecule has 2 aliphatic heterocycles. The number of nitrogens with one attached hydrogen (secondary N) is 1. The van der Waals surface area contributed by atoms with Gasteiger partial charge in [-0.3, -0.25) is 4.90 Å². The van der Waals surface area contributed by atoms with Crippen molar-refractivity contribution < 1.29 is 15.0 Å². The number of urea groups is 1. The summed E-state index contributed by atoms with van der Waals surface area (Å²) in [6.07, 6.45) is 0.828. The van der Waals surface area contributed by atoms with Crippen LogP contribution in [0.2, 0.25) is 0 Å². The lowest BCUT2D eigenvalue weighted by molar-refractivity contribution is 0.152. The fourth-order valence-electron chi connectivity index (χ4n) is 3.81. The van der Waals surface area contributed by atoms with Gasteiger partial charge < -0.3 is 20.4 Å². The summed E-state index contributed by atoms with van der Waals surface area (Å²) in [6, 6.07) is 10.4. The molecule has 2 aliphatic rings. The van der Waals surface area contributed by atoms with Gasteiger partial charge in [-0.1, -0.05) is 30.3 Å². The third-order valence-corrected chi connectivity index (χ3v) is 5.12. The van der Waals surface area contributed by atoms with Crippen LogP contribution in [0, 0.1) is 0 Å². The number of likely N-dealkylation sites (tertiary alicyclic amines) is 2. The average molecular weight is 333 g/mol. The van der Waals surface area contributed by atoms with Gasteiger partial charge in [0.05, 0.1) is 18.8 Å². The largest absolute Gasteiger partial charge is 0.394 e. The van der Waals surface area contributed by atoms with Gasteiger partial charge in [0, 0.05) is 31.7 Å². The molecule has 0 radical (unpaired) electrons. The lowest BCUT2D eigenvalue weighted by Gasteiger charge is -2.25. The Morgan fingerprint density at radius 1 is 1.25 bits per heavy atom. The number of carbonyl (C=O) groups is 1. The molecule has 0 bridgehead atoms. The van der Waals surface area contributed by atoms with E-state index >= 15 is 0 Å². The van der Waals surface area contributed by atoms with E-state index in [1.54, 1.807) is 4.90 Å². The molecule has 132 valence electrons. The summed E-state index contributed by atoms with van der Waals surface area (Å²) in [5, 5.41) is 22.2. The molecule has 6 heteroatoms. The van der Waals surface area contributed by atoms with Gasteiger partial charge in [0.2, 0.25) is 0 Å². The van der Waals surface area contributed by atoms with Crippen LogP contribution in [-0.4, -0.2) is 70.0 Å². The minimum absolute atomic E-state index is 0.105. The fraction of sp³-hybridized carbons (Fsp3) is 0.611. The molecule has 6 nitrogen and oxygen atoms in total. The Kier molecular flexibility index (Phi) is 5.38. The van der Waals surface area contributed by atoms with Gasteiger partial charge in [0.1, 0.15) is 0 Å². The number of β-amino-alcohol motifs (C(OH)–C–C–N with tert-alkyl or cyclic N) is 1. The van der Waals surface area contributed by atoms with E-state index in [4.69, 9.17) is 0 Å². The summed E-state index contributed by atoms with van der Waals surface area (Å²) < 4.78 is 0. The predicted molar refractivity (Wildman–Crippen MR) is 91.5 cm³/mol. The summed E-state index contributed by atoms with van der Waals surface area (Å²) in [5.41, 5.74) is 1.28. The van der Waals surface area contributed by atoms with Gasteiger partial charge in [-0.2, -0.15) is 0 Å². The maximum absolute atomic E-state index is 12.5. The second-order valence-corrected chi connectivity index (χ2v) is 7.02. The van der Waals surface area contributed by atoms with Gasteiger partial charge >= 0.3 is 6.03 Å². The first-order valence-corrected chi connectivity index (χ1v) is 8.71. The third-order valence-electron chi connectivity index (χ3n) is 5.12. The highest BCUT2D eigenvalue weighted by Crippen LogP contribution is 2.22. The van der Waals surface area contributed by atoms with Crippen molar-refractivity contribution >= 4 is 6.03 Å². The van der Waals surface area contributed by atoms with Gasteiger partial charge in [-0.05, 0) is 25.3 Å². The first-order chi connectivity index (χ1) is 11.6. The van der Waals surface area contributed by atoms with Crippen LogP contribution in [0.3, 0.4) is 0 Å². The number of rotatable bonds is 4. The number of hydrogen-bond acceptors (Lipinski definition) is 4. The summed E-state index contributed by atoms with van der Waals surface area (Å²) in [4.78, 5) is 16.4. The van der Waals surface area contributed by atoms with E-state index in [-0.39, 0.29) is 24.7 Å². The minimum atomic E-state index is -0.537. The van der Waals surface area contributed by atoms with Crippen LogP contribution in [0.15, 0.2) is 30.3 Å². The van der Waals surface area contributed by atoms with Gasteiger partial charge in [0.25, 0.3) is 0 Å². The number of carbonyl (C=O) groups excluding carboxylic acids is 1. The molecule has 2 amide bonds. The predicted octanol–water partition coefficient (Wildman–Crippen LogP) is 0.786. The van der Waals surface area contributed by atoms with Gasteiger partial charge in [0.15, 0.2) is 0 Å². The Balaban J connectivity index is 1.54. The quantitative estimate of drug-likeness (QED) is 0.761. The number of hydrogen-bond donors (Lipinski definition) is 3. The Labute approximate surface area is 143 Å². The second kappa shape index (κ2) is 7.51. The van der Waals surface area contributed by atoms with E-state index in [1.165, 1.54) is 5.56 Å². The maximum Gasteiger partial charge on any atom is 0.318 e. The van der Waals surface area contributed by atoms with Crippen molar-refractivity contribution in [2.45, 2.75) is 50.5 Å². The molecule has 0 unspecified atom stereocenters. The van der Waals surface area contributed by atoms with E-state index in [0.717, 1.165) is 19.5 Å². The summed E-state index contributed by atoms with van der Waals surface area (Å²) >= 11 is 0. The van der Waals surface area contributed by atoms with E-state index < -0.39 is 6.10 Å². The number of amides is 2. The highest BCUT2D eigenvalue weighted by atomic mass is 16.3. The summed E-state index contributed by atoms with van der Waals surface area (Å²) in [7, 11) is 0. The Bertz CT molecular complexity index is 554. The van der Waals surface area contributed by atoms with Crippen molar-refractivity contribution in [2.75, 3.05) is 19.7 Å². The van der Waals surface area contributed by atoms with Crippen LogP contribution in [0.5, 0.6) is 0 Å². The molecule has 0 spiro atoms. The fourth-order valence-corrected chi connectivity index (χ4v) is 3.81. The Morgan fingerprint density at radius 2 is 2.00 bits per heavy atom. The van der Waals surface area contributed by atoms with Crippen LogP contribution < -0.4 is 5.32 Å². The SMILES string of the molecule is C[C@H]1C[C@@H](NC(=O)N2C[C@@H](O)C[C@H]2CO)CN1Cc1ccccc1. The molecule has 1 aromatic rings. The minimum Gasteiger partial charge on any atom is -0.394 e. The van der Waals surface area contributed by atoms with Crippen molar-refractivity contribution in [3.63, 3.8) is 0 Å². The van der Waals surface area contributed by atoms with Gasteiger partial charge in [-0.25, -0.2) is 4.79 Å². The normalized spacial score (nSPS) is 30.7. The van der Waals surface area contributed by atoms with Crippen LogP contribution in [0.1, 0.15) is 25.3 Å². The van der Waals surface area contributed by atoms with Crippen LogP contribution in [-0.2, 0) is 6.54 Å². The molecule has 2 fully saturated rings. The van der Waals surface area contributed by atoms with Crippen molar-refractivity contribution in [2.24, 2.45) is 0 Å². The van der Waals surface area contributed by atoms with E-state index in [9.17, 15) is 15.0 Å². The molecular formula is C18H27N3O3. The van der Waals surface area contributed by atoms with Crippen LogP contribution in [0.4, 0.5) is 4.79 Å². The lowest BCUT2D eigenvalue weighted by atomic mass is 10.2. The molecule has 3 rings (SSSR count). The number of aliphatic hydroxyl groups excluding tert-OH is 2. The number of nitrogens with zero attached hydrogens (tertiary/aromatic N) is 2. The maximum atomic E-state index is 12.5. The van der Waals surface area contributed by atoms with Crippen molar-refractivity contribution in [1.82, 2.24) is 15.1 Å². The zero-order chi connectivity index (χ0) is 17.1. The highest BCUT2D eigenvalue weighted by Gasteiger charge is 2.36. The molecule has 3 N–H and O–H groups in total. The first kappa shape index (κ1) is 17.2. The van der Waals surface area contributed by atoms with E-state index in [0.29, 0.717) is 19.0 Å². The highest BCUT2D eigenvalue weighted by molar-refractivity contribution is 5.75. The van der Waals surface area contributed by atoms with E-state index in [1.807, 2.05) is 18.2 Å². The Morgan fingerprint density at radius 3 is 2.71 bits per heavy atom. The summed E-state index contributed by atoms with van der Waals surface area (Å²) in [6.45, 7) is 4.09. The van der Waals surface area contributed by atoms with Crippen LogP contribution in [0.25, 0.3) is 0 Å². The molecule has 0 aliphatic carbocycles. The molecule has 1 aromatic carbocycles. The molecule has 2 saturated heterocycles. The van der Waals surface area contributed by atoms with E-state index in [2.05, 4.69) is 29.3 Å². The Hall–Kier alpha value is -1.63. The molecule has 24 heavy (non-hydrogen) atoms. The van der Waals surface area contributed by atoms with Crippen molar-refractivity contribution in [3.8, 4) is 0 Å².